The smallest absolute Gasteiger partial charge is 0.266 e. The van der Waals surface area contributed by atoms with E-state index in [-0.39, 0.29) is 5.56 Å². The number of hydrogen-bond acceptors (Lipinski definition) is 8. The number of aromatic amines is 1. The molecule has 1 fully saturated rings. The standard InChI is InChI=1S/C16H20N8O2/c1-22-15-12(9-18-22)16(20-13(19-15)10-26-2)24-5-3-23(4-6-24)11-7-14(25)21-17-8-11/h7-9H,3-6,10H2,1-2H3,(H,21,25). The number of nitrogens with one attached hydrogen (secondary N) is 1. The number of piperazine rings is 1. The number of fused-ring (bicyclic) bond motifs is 1. The third-order valence-electron chi connectivity index (χ3n) is 4.49. The second kappa shape index (κ2) is 6.71. The molecule has 1 aliphatic heterocycles. The zero-order valence-electron chi connectivity index (χ0n) is 14.7. The van der Waals surface area contributed by atoms with E-state index in [0.29, 0.717) is 12.4 Å². The zero-order valence-corrected chi connectivity index (χ0v) is 14.7. The summed E-state index contributed by atoms with van der Waals surface area (Å²) < 4.78 is 6.95. The van der Waals surface area contributed by atoms with Gasteiger partial charge in [0.2, 0.25) is 0 Å². The van der Waals surface area contributed by atoms with Gasteiger partial charge in [0.15, 0.2) is 11.5 Å². The highest BCUT2D eigenvalue weighted by molar-refractivity contribution is 5.87. The van der Waals surface area contributed by atoms with E-state index in [0.717, 1.165) is 48.7 Å². The molecule has 10 nitrogen and oxygen atoms in total. The quantitative estimate of drug-likeness (QED) is 0.692. The Labute approximate surface area is 149 Å². The van der Waals surface area contributed by atoms with Crippen molar-refractivity contribution in [2.75, 3.05) is 43.1 Å². The van der Waals surface area contributed by atoms with Crippen LogP contribution in [0.4, 0.5) is 11.5 Å². The molecule has 0 aliphatic carbocycles. The molecule has 136 valence electrons. The Hall–Kier alpha value is -3.01. The van der Waals surface area contributed by atoms with Gasteiger partial charge in [-0.25, -0.2) is 15.1 Å². The number of ether oxygens (including phenoxy) is 1. The van der Waals surface area contributed by atoms with Crippen LogP contribution in [-0.2, 0) is 18.4 Å². The van der Waals surface area contributed by atoms with Crippen LogP contribution in [0.25, 0.3) is 11.0 Å². The van der Waals surface area contributed by atoms with Crippen LogP contribution in [0.1, 0.15) is 5.82 Å². The summed E-state index contributed by atoms with van der Waals surface area (Å²) in [5.41, 5.74) is 1.44. The van der Waals surface area contributed by atoms with Crippen LogP contribution in [0.15, 0.2) is 23.3 Å². The number of hydrogen-bond donors (Lipinski definition) is 1. The lowest BCUT2D eigenvalue weighted by Gasteiger charge is -2.36. The van der Waals surface area contributed by atoms with E-state index in [9.17, 15) is 4.79 Å². The van der Waals surface area contributed by atoms with E-state index < -0.39 is 0 Å². The fourth-order valence-electron chi connectivity index (χ4n) is 3.20. The van der Waals surface area contributed by atoms with Gasteiger partial charge in [0, 0.05) is 46.4 Å². The van der Waals surface area contributed by atoms with Crippen molar-refractivity contribution < 1.29 is 4.74 Å². The second-order valence-corrected chi connectivity index (χ2v) is 6.18. The van der Waals surface area contributed by atoms with Crippen molar-refractivity contribution in [3.8, 4) is 0 Å². The van der Waals surface area contributed by atoms with Crippen LogP contribution in [0.5, 0.6) is 0 Å². The minimum atomic E-state index is -0.193. The number of nitrogens with zero attached hydrogens (tertiary/aromatic N) is 7. The van der Waals surface area contributed by atoms with Crippen molar-refractivity contribution in [2.24, 2.45) is 7.05 Å². The third-order valence-corrected chi connectivity index (χ3v) is 4.49. The lowest BCUT2D eigenvalue weighted by molar-refractivity contribution is 0.178. The van der Waals surface area contributed by atoms with Gasteiger partial charge in [-0.15, -0.1) is 0 Å². The monoisotopic (exact) mass is 356 g/mol. The second-order valence-electron chi connectivity index (χ2n) is 6.18. The average molecular weight is 356 g/mol. The number of anilines is 2. The predicted octanol–water partition coefficient (Wildman–Crippen LogP) is -0.0804. The molecule has 0 spiro atoms. The van der Waals surface area contributed by atoms with Crippen LogP contribution < -0.4 is 15.4 Å². The zero-order chi connectivity index (χ0) is 18.1. The summed E-state index contributed by atoms with van der Waals surface area (Å²) in [5.74, 6) is 1.51. The molecule has 4 rings (SSSR count). The van der Waals surface area contributed by atoms with Gasteiger partial charge in [0.1, 0.15) is 12.4 Å². The Morgan fingerprint density at radius 3 is 2.65 bits per heavy atom. The summed E-state index contributed by atoms with van der Waals surface area (Å²) in [6, 6.07) is 1.57. The highest BCUT2D eigenvalue weighted by atomic mass is 16.5. The molecule has 26 heavy (non-hydrogen) atoms. The molecule has 0 radical (unpaired) electrons. The Kier molecular flexibility index (Phi) is 4.25. The van der Waals surface area contributed by atoms with E-state index in [2.05, 4.69) is 30.1 Å². The highest BCUT2D eigenvalue weighted by Gasteiger charge is 2.22. The van der Waals surface area contributed by atoms with Crippen molar-refractivity contribution >= 4 is 22.5 Å². The van der Waals surface area contributed by atoms with E-state index in [1.165, 1.54) is 0 Å². The van der Waals surface area contributed by atoms with Gasteiger partial charge in [-0.05, 0) is 0 Å². The van der Waals surface area contributed by atoms with Gasteiger partial charge < -0.3 is 14.5 Å². The first kappa shape index (κ1) is 16.5. The van der Waals surface area contributed by atoms with Crippen LogP contribution >= 0.6 is 0 Å². The van der Waals surface area contributed by atoms with Crippen molar-refractivity contribution in [2.45, 2.75) is 6.61 Å². The molecule has 0 unspecified atom stereocenters. The van der Waals surface area contributed by atoms with Crippen molar-refractivity contribution in [3.05, 3.63) is 34.6 Å². The van der Waals surface area contributed by atoms with Crippen LogP contribution in [-0.4, -0.2) is 63.2 Å². The molecule has 0 bridgehead atoms. The SMILES string of the molecule is COCc1nc(N2CCN(c3cn[nH]c(=O)c3)CC2)c2cnn(C)c2n1. The van der Waals surface area contributed by atoms with Gasteiger partial charge >= 0.3 is 0 Å². The highest BCUT2D eigenvalue weighted by Crippen LogP contribution is 2.25. The molecule has 1 aliphatic rings. The average Bonchev–Trinajstić information content (AvgIpc) is 3.03. The van der Waals surface area contributed by atoms with E-state index in [1.54, 1.807) is 30.3 Å². The van der Waals surface area contributed by atoms with Gasteiger partial charge in [0.25, 0.3) is 5.56 Å². The van der Waals surface area contributed by atoms with Crippen LogP contribution in [0.2, 0.25) is 0 Å². The maximum atomic E-state index is 11.5. The number of H-pyrrole nitrogens is 1. The summed E-state index contributed by atoms with van der Waals surface area (Å²) in [4.78, 5) is 25.1. The van der Waals surface area contributed by atoms with Crippen molar-refractivity contribution in [1.29, 1.82) is 0 Å². The van der Waals surface area contributed by atoms with E-state index in [1.807, 2.05) is 7.05 Å². The molecule has 0 aromatic carbocycles. The molecule has 4 heterocycles. The largest absolute Gasteiger partial charge is 0.377 e. The number of aromatic nitrogens is 6. The van der Waals surface area contributed by atoms with Crippen molar-refractivity contribution in [3.63, 3.8) is 0 Å². The summed E-state index contributed by atoms with van der Waals surface area (Å²) in [7, 11) is 3.50. The van der Waals surface area contributed by atoms with Gasteiger partial charge in [-0.2, -0.15) is 10.2 Å². The lowest BCUT2D eigenvalue weighted by atomic mass is 10.2. The maximum Gasteiger partial charge on any atom is 0.266 e. The molecule has 0 amide bonds. The first-order valence-electron chi connectivity index (χ1n) is 8.38. The Balaban J connectivity index is 1.60. The molecule has 0 saturated carbocycles. The minimum absolute atomic E-state index is 0.193. The molecular weight excluding hydrogens is 336 g/mol. The number of aryl methyl sites for hydroxylation is 1. The van der Waals surface area contributed by atoms with Crippen molar-refractivity contribution in [1.82, 2.24) is 29.9 Å². The molecular formula is C16H20N8O2. The van der Waals surface area contributed by atoms with E-state index in [4.69, 9.17) is 9.72 Å². The summed E-state index contributed by atoms with van der Waals surface area (Å²) in [6.07, 6.45) is 3.48. The van der Waals surface area contributed by atoms with Crippen LogP contribution in [0, 0.1) is 0 Å². The first-order valence-corrected chi connectivity index (χ1v) is 8.38. The minimum Gasteiger partial charge on any atom is -0.377 e. The van der Waals surface area contributed by atoms with E-state index >= 15 is 0 Å². The molecule has 10 heteroatoms. The topological polar surface area (TPSA) is 105 Å². The Bertz CT molecular complexity index is 974. The fraction of sp³-hybridized carbons (Fsp3) is 0.438. The van der Waals surface area contributed by atoms with Gasteiger partial charge in [-0.1, -0.05) is 0 Å². The summed E-state index contributed by atoms with van der Waals surface area (Å²) >= 11 is 0. The third kappa shape index (κ3) is 2.99. The molecule has 1 N–H and O–H groups in total. The fourth-order valence-corrected chi connectivity index (χ4v) is 3.20. The number of rotatable bonds is 4. The summed E-state index contributed by atoms with van der Waals surface area (Å²) in [5, 5.41) is 11.5. The normalized spacial score (nSPS) is 15.0. The number of methoxy groups -OCH3 is 1. The van der Waals surface area contributed by atoms with Gasteiger partial charge in [-0.3, -0.25) is 9.48 Å². The predicted molar refractivity (Wildman–Crippen MR) is 96.3 cm³/mol. The maximum absolute atomic E-state index is 11.5. The van der Waals surface area contributed by atoms with Gasteiger partial charge in [0.05, 0.1) is 23.5 Å². The Morgan fingerprint density at radius 1 is 1.15 bits per heavy atom. The Morgan fingerprint density at radius 2 is 1.92 bits per heavy atom. The molecule has 0 atom stereocenters. The summed E-state index contributed by atoms with van der Waals surface area (Å²) in [6.45, 7) is 3.46. The first-order chi connectivity index (χ1) is 12.7. The molecule has 1 saturated heterocycles. The molecule has 3 aromatic rings. The van der Waals surface area contributed by atoms with Crippen LogP contribution in [0.3, 0.4) is 0 Å². The molecule has 3 aromatic heterocycles. The lowest BCUT2D eigenvalue weighted by Crippen LogP contribution is -2.47.